The van der Waals surface area contributed by atoms with Crippen LogP contribution in [0.3, 0.4) is 0 Å². The Hall–Kier alpha value is -5.23. The lowest BCUT2D eigenvalue weighted by molar-refractivity contribution is -0.166. The maximum Gasteiger partial charge on any atom is 0.309 e. The number of carbonyl (C=O) groups is 3. The number of ether oxygens (including phenoxy) is 3. The van der Waals surface area contributed by atoms with Crippen LogP contribution in [0.5, 0.6) is 0 Å². The van der Waals surface area contributed by atoms with Gasteiger partial charge in [0.25, 0.3) is 0 Å². The van der Waals surface area contributed by atoms with Gasteiger partial charge in [-0.1, -0.05) is 294 Å². The topological polar surface area (TPSA) is 78.9 Å². The highest BCUT2D eigenvalue weighted by Crippen LogP contribution is 2.15. The number of carbonyl (C=O) groups excluding carboxylic acids is 3. The van der Waals surface area contributed by atoms with E-state index in [2.05, 4.69) is 179 Å². The van der Waals surface area contributed by atoms with E-state index in [4.69, 9.17) is 14.2 Å². The molecule has 0 spiro atoms. The summed E-state index contributed by atoms with van der Waals surface area (Å²) < 4.78 is 16.8. The van der Waals surface area contributed by atoms with Crippen LogP contribution in [0.25, 0.3) is 0 Å². The molecular weight excluding hydrogens is 1020 g/mol. The fourth-order valence-corrected chi connectivity index (χ4v) is 8.76. The van der Waals surface area contributed by atoms with E-state index in [-0.39, 0.29) is 31.6 Å². The zero-order chi connectivity index (χ0) is 59.9. The van der Waals surface area contributed by atoms with Crippen molar-refractivity contribution in [3.63, 3.8) is 0 Å². The van der Waals surface area contributed by atoms with Crippen molar-refractivity contribution < 1.29 is 28.6 Å². The molecule has 0 radical (unpaired) electrons. The van der Waals surface area contributed by atoms with Crippen molar-refractivity contribution in [2.24, 2.45) is 0 Å². The van der Waals surface area contributed by atoms with Gasteiger partial charge in [-0.2, -0.15) is 0 Å². The fraction of sp³-hybridized carbons (Fsp3) is 0.597. The van der Waals surface area contributed by atoms with Crippen molar-refractivity contribution in [2.45, 2.75) is 284 Å². The maximum atomic E-state index is 12.9. The molecule has 83 heavy (non-hydrogen) atoms. The Balaban J connectivity index is 4.41. The predicted molar refractivity (Wildman–Crippen MR) is 361 cm³/mol. The van der Waals surface area contributed by atoms with Crippen LogP contribution in [0.15, 0.2) is 170 Å². The minimum Gasteiger partial charge on any atom is -0.462 e. The first-order valence-corrected chi connectivity index (χ1v) is 33.6. The van der Waals surface area contributed by atoms with Gasteiger partial charge in [-0.3, -0.25) is 14.4 Å². The lowest BCUT2D eigenvalue weighted by Crippen LogP contribution is -2.30. The van der Waals surface area contributed by atoms with Gasteiger partial charge in [-0.05, 0) is 135 Å². The molecule has 466 valence electrons. The number of rotatable bonds is 59. The molecule has 1 unspecified atom stereocenters. The summed E-state index contributed by atoms with van der Waals surface area (Å²) in [5.74, 6) is -1.06. The van der Waals surface area contributed by atoms with Gasteiger partial charge in [0.05, 0.1) is 6.42 Å². The van der Waals surface area contributed by atoms with Crippen LogP contribution in [0, 0.1) is 0 Å². The lowest BCUT2D eigenvalue weighted by Gasteiger charge is -2.18. The Kier molecular flexibility index (Phi) is 64.9. The highest BCUT2D eigenvalue weighted by molar-refractivity contribution is 5.72. The highest BCUT2D eigenvalue weighted by atomic mass is 16.6. The van der Waals surface area contributed by atoms with Crippen molar-refractivity contribution >= 4 is 17.9 Å². The van der Waals surface area contributed by atoms with Gasteiger partial charge in [0.15, 0.2) is 6.10 Å². The number of unbranched alkanes of at least 4 members (excludes halogenated alkanes) is 21. The summed E-state index contributed by atoms with van der Waals surface area (Å²) in [6.07, 6.45) is 102. The van der Waals surface area contributed by atoms with E-state index >= 15 is 0 Å². The first kappa shape index (κ1) is 77.8. The molecule has 0 N–H and O–H groups in total. The van der Waals surface area contributed by atoms with Crippen molar-refractivity contribution in [3.8, 4) is 0 Å². The van der Waals surface area contributed by atoms with Crippen molar-refractivity contribution in [1.29, 1.82) is 0 Å². The third-order valence-corrected chi connectivity index (χ3v) is 13.7. The van der Waals surface area contributed by atoms with E-state index in [1.165, 1.54) is 109 Å². The average Bonchev–Trinajstić information content (AvgIpc) is 3.49. The molecule has 0 rings (SSSR count). The van der Waals surface area contributed by atoms with Crippen LogP contribution in [0.4, 0.5) is 0 Å². The predicted octanol–water partition coefficient (Wildman–Crippen LogP) is 23.4. The van der Waals surface area contributed by atoms with Crippen molar-refractivity contribution in [2.75, 3.05) is 13.2 Å². The molecule has 0 aliphatic heterocycles. The Labute approximate surface area is 511 Å². The summed E-state index contributed by atoms with van der Waals surface area (Å²) in [7, 11) is 0. The quantitative estimate of drug-likeness (QED) is 0.0261. The largest absolute Gasteiger partial charge is 0.462 e. The molecule has 6 nitrogen and oxygen atoms in total. The van der Waals surface area contributed by atoms with Crippen molar-refractivity contribution in [1.82, 2.24) is 0 Å². The molecule has 0 amide bonds. The Morgan fingerprint density at radius 1 is 0.265 bits per heavy atom. The van der Waals surface area contributed by atoms with Crippen LogP contribution in [0.1, 0.15) is 278 Å². The van der Waals surface area contributed by atoms with E-state index in [0.717, 1.165) is 128 Å². The van der Waals surface area contributed by atoms with Crippen LogP contribution in [-0.4, -0.2) is 37.2 Å². The number of esters is 3. The molecule has 0 fully saturated rings. The number of allylic oxidation sites excluding steroid dienone is 27. The van der Waals surface area contributed by atoms with Crippen LogP contribution < -0.4 is 0 Å². The second kappa shape index (κ2) is 69.3. The summed E-state index contributed by atoms with van der Waals surface area (Å²) in [4.78, 5) is 38.3. The van der Waals surface area contributed by atoms with E-state index in [0.29, 0.717) is 12.8 Å². The maximum absolute atomic E-state index is 12.9. The minimum atomic E-state index is -0.833. The Morgan fingerprint density at radius 2 is 0.518 bits per heavy atom. The second-order valence-corrected chi connectivity index (χ2v) is 21.6. The smallest absolute Gasteiger partial charge is 0.309 e. The molecule has 6 heteroatoms. The van der Waals surface area contributed by atoms with Gasteiger partial charge < -0.3 is 14.2 Å². The monoisotopic (exact) mass is 1140 g/mol. The molecule has 0 aromatic heterocycles. The van der Waals surface area contributed by atoms with Crippen LogP contribution in [-0.2, 0) is 28.6 Å². The molecule has 1 atom stereocenters. The van der Waals surface area contributed by atoms with E-state index in [1.807, 2.05) is 6.08 Å². The van der Waals surface area contributed by atoms with Crippen LogP contribution >= 0.6 is 0 Å². The van der Waals surface area contributed by atoms with Gasteiger partial charge in [0.1, 0.15) is 13.2 Å². The van der Waals surface area contributed by atoms with Crippen LogP contribution in [0.2, 0.25) is 0 Å². The zero-order valence-corrected chi connectivity index (χ0v) is 53.4. The van der Waals surface area contributed by atoms with Gasteiger partial charge in [-0.15, -0.1) is 0 Å². The van der Waals surface area contributed by atoms with Gasteiger partial charge in [-0.25, -0.2) is 0 Å². The third-order valence-electron chi connectivity index (χ3n) is 13.7. The molecule has 0 saturated carbocycles. The first-order chi connectivity index (χ1) is 41.0. The van der Waals surface area contributed by atoms with E-state index in [1.54, 1.807) is 6.08 Å². The summed E-state index contributed by atoms with van der Waals surface area (Å²) in [6, 6.07) is 0. The summed E-state index contributed by atoms with van der Waals surface area (Å²) in [5, 5.41) is 0. The van der Waals surface area contributed by atoms with Gasteiger partial charge in [0.2, 0.25) is 0 Å². The first-order valence-electron chi connectivity index (χ1n) is 33.6. The SMILES string of the molecule is CC/C=C\C/C=C\C/C=C\C/C=C\C/C=C\C/C=C\C/C=C\CCCCCCCCCCCC(=O)OCC(COC(=O)C/C=C\C/C=C\C/C=C\C/C=C\C/C=C\CC)OC(=O)CCCCCCCCCCC/C=C\C/C=C\CCCCC. The van der Waals surface area contributed by atoms with Gasteiger partial charge in [0, 0.05) is 12.8 Å². The molecule has 0 heterocycles. The van der Waals surface area contributed by atoms with E-state index < -0.39 is 12.1 Å². The second-order valence-electron chi connectivity index (χ2n) is 21.6. The van der Waals surface area contributed by atoms with E-state index in [9.17, 15) is 14.4 Å². The van der Waals surface area contributed by atoms with Crippen molar-refractivity contribution in [3.05, 3.63) is 170 Å². The average molecular weight is 1140 g/mol. The third kappa shape index (κ3) is 67.4. The number of hydrogen-bond acceptors (Lipinski definition) is 6. The molecule has 0 aliphatic carbocycles. The fourth-order valence-electron chi connectivity index (χ4n) is 8.76. The van der Waals surface area contributed by atoms with Gasteiger partial charge >= 0.3 is 17.9 Å². The standard InChI is InChI=1S/C77H122O6/c1-4-7-10-13-16-19-22-25-28-30-32-33-34-35-36-37-38-39-40-41-42-43-45-46-49-52-55-58-61-64-67-70-76(79)82-73-74(72-81-75(78)69-66-63-60-57-54-51-48-27-24-21-18-15-12-9-6-3)83-77(80)71-68-65-62-59-56-53-50-47-44-31-29-26-23-20-17-14-11-8-5-2/h7,9-10,12,16-21,25-29,32-33,35-36,38-39,41-42,48,54,57,63,66,74H,4-6,8,11,13-15,22-24,30-31,34,37,40,43-47,49-53,55-56,58-62,64-65,67-73H2,1-3H3/b10-7-,12-9-,19-16-,20-17-,21-18-,28-25-,29-26-,33-32-,36-35-,39-38-,42-41-,48-27-,57-54-,66-63-. The summed E-state index contributed by atoms with van der Waals surface area (Å²) in [5.41, 5.74) is 0. The molecule has 0 aromatic carbocycles. The minimum absolute atomic E-state index is 0.118. The summed E-state index contributed by atoms with van der Waals surface area (Å²) in [6.45, 7) is 6.29. The zero-order valence-electron chi connectivity index (χ0n) is 53.4. The molecule has 0 aliphatic rings. The number of hydrogen-bond donors (Lipinski definition) is 0. The molecule has 0 aromatic rings. The highest BCUT2D eigenvalue weighted by Gasteiger charge is 2.19. The summed E-state index contributed by atoms with van der Waals surface area (Å²) >= 11 is 0. The Morgan fingerprint density at radius 3 is 0.843 bits per heavy atom. The molecule has 0 saturated heterocycles. The molecular formula is C77H122O6. The lowest BCUT2D eigenvalue weighted by atomic mass is 10.1. The Bertz CT molecular complexity index is 1890. The normalized spacial score (nSPS) is 13.2. The molecule has 0 bridgehead atoms.